The molecule has 31 heavy (non-hydrogen) atoms. The Labute approximate surface area is 187 Å². The minimum absolute atomic E-state index is 0.0968. The third-order valence-electron chi connectivity index (χ3n) is 5.22. The van der Waals surface area contributed by atoms with Gasteiger partial charge in [-0.15, -0.1) is 11.3 Å². The number of rotatable bonds is 4. The number of halogens is 1. The Morgan fingerprint density at radius 1 is 1.26 bits per heavy atom. The lowest BCUT2D eigenvalue weighted by atomic mass is 10.2. The van der Waals surface area contributed by atoms with E-state index in [2.05, 4.69) is 10.3 Å². The molecule has 0 saturated carbocycles. The van der Waals surface area contributed by atoms with Gasteiger partial charge in [-0.1, -0.05) is 17.7 Å². The first-order chi connectivity index (χ1) is 14.8. The van der Waals surface area contributed by atoms with Crippen LogP contribution >= 0.6 is 22.9 Å². The number of aryl methyl sites for hydroxylation is 2. The number of anilines is 1. The Morgan fingerprint density at radius 2 is 2.00 bits per heavy atom. The van der Waals surface area contributed by atoms with E-state index >= 15 is 0 Å². The molecular formula is C21H21ClN4O4S. The largest absolute Gasteiger partial charge is 0.378 e. The highest BCUT2D eigenvalue weighted by atomic mass is 35.5. The predicted molar refractivity (Wildman–Crippen MR) is 120 cm³/mol. The highest BCUT2D eigenvalue weighted by molar-refractivity contribution is 7.20. The van der Waals surface area contributed by atoms with Crippen molar-refractivity contribution < 1.29 is 14.3 Å². The molecule has 0 bridgehead atoms. The number of hydrogen-bond donors (Lipinski definition) is 1. The molecule has 3 heterocycles. The molecule has 0 spiro atoms. The molecule has 0 radical (unpaired) electrons. The first kappa shape index (κ1) is 21.5. The fraction of sp³-hybridized carbons (Fsp3) is 0.333. The third kappa shape index (κ3) is 4.34. The van der Waals surface area contributed by atoms with Crippen LogP contribution in [0.5, 0.6) is 0 Å². The number of amides is 2. The quantitative estimate of drug-likeness (QED) is 0.646. The van der Waals surface area contributed by atoms with Crippen molar-refractivity contribution in [2.75, 3.05) is 31.6 Å². The smallest absolute Gasteiger partial charge is 0.266 e. The van der Waals surface area contributed by atoms with Crippen molar-refractivity contribution in [2.45, 2.75) is 20.4 Å². The average Bonchev–Trinajstić information content (AvgIpc) is 3.10. The highest BCUT2D eigenvalue weighted by Crippen LogP contribution is 2.28. The van der Waals surface area contributed by atoms with E-state index in [4.69, 9.17) is 16.3 Å². The van der Waals surface area contributed by atoms with Crippen LogP contribution < -0.4 is 10.9 Å². The van der Waals surface area contributed by atoms with Crippen molar-refractivity contribution in [1.29, 1.82) is 0 Å². The van der Waals surface area contributed by atoms with Crippen molar-refractivity contribution in [2.24, 2.45) is 0 Å². The minimum atomic E-state index is -0.337. The summed E-state index contributed by atoms with van der Waals surface area (Å²) in [6, 6.07) is 5.27. The van der Waals surface area contributed by atoms with Crippen LogP contribution in [0.3, 0.4) is 0 Å². The molecule has 8 nitrogen and oxygen atoms in total. The Balaban J connectivity index is 1.60. The summed E-state index contributed by atoms with van der Waals surface area (Å²) in [6.45, 7) is 5.50. The van der Waals surface area contributed by atoms with Gasteiger partial charge in [-0.3, -0.25) is 19.0 Å². The molecule has 162 valence electrons. The number of carbonyl (C=O) groups is 2. The second-order valence-electron chi connectivity index (χ2n) is 7.33. The molecule has 3 aromatic rings. The standard InChI is InChI=1S/C21H21ClN4O4S/c1-12-3-4-14(9-15(12)22)24-19(28)18-13(2)17-20(31-18)23-11-26(21(17)29)10-16(27)25-5-7-30-8-6-25/h3-4,9,11H,5-8,10H2,1-2H3,(H,24,28). The van der Waals surface area contributed by atoms with Crippen molar-refractivity contribution in [3.63, 3.8) is 0 Å². The lowest BCUT2D eigenvalue weighted by molar-refractivity contribution is -0.135. The molecule has 10 heteroatoms. The zero-order valence-electron chi connectivity index (χ0n) is 17.1. The van der Waals surface area contributed by atoms with Crippen LogP contribution in [0.1, 0.15) is 20.8 Å². The molecule has 1 aromatic carbocycles. The van der Waals surface area contributed by atoms with Gasteiger partial charge in [0.2, 0.25) is 5.91 Å². The van der Waals surface area contributed by atoms with Crippen LogP contribution in [-0.2, 0) is 16.1 Å². The van der Waals surface area contributed by atoms with Crippen LogP contribution in [-0.4, -0.2) is 52.6 Å². The molecule has 1 N–H and O–H groups in total. The van der Waals surface area contributed by atoms with E-state index in [1.807, 2.05) is 13.0 Å². The Morgan fingerprint density at radius 3 is 2.71 bits per heavy atom. The Bertz CT molecular complexity index is 1230. The van der Waals surface area contributed by atoms with Gasteiger partial charge in [0, 0.05) is 23.8 Å². The second-order valence-corrected chi connectivity index (χ2v) is 8.73. The van der Waals surface area contributed by atoms with Gasteiger partial charge >= 0.3 is 0 Å². The summed E-state index contributed by atoms with van der Waals surface area (Å²) in [5, 5.41) is 3.73. The molecule has 1 aliphatic rings. The molecular weight excluding hydrogens is 440 g/mol. The summed E-state index contributed by atoms with van der Waals surface area (Å²) in [6.07, 6.45) is 1.36. The second kappa shape index (κ2) is 8.78. The molecule has 2 aromatic heterocycles. The summed E-state index contributed by atoms with van der Waals surface area (Å²) in [5.41, 5.74) is 1.69. The number of morpholine rings is 1. The van der Waals surface area contributed by atoms with Gasteiger partial charge in [0.15, 0.2) is 0 Å². The van der Waals surface area contributed by atoms with Crippen molar-refractivity contribution >= 4 is 50.7 Å². The molecule has 0 atom stereocenters. The fourth-order valence-corrected chi connectivity index (χ4v) is 4.62. The number of thiophene rings is 1. The summed E-state index contributed by atoms with van der Waals surface area (Å²) in [5.74, 6) is -0.496. The lowest BCUT2D eigenvalue weighted by Crippen LogP contribution is -2.43. The number of hydrogen-bond acceptors (Lipinski definition) is 6. The number of benzene rings is 1. The molecule has 1 fully saturated rings. The Kier molecular flexibility index (Phi) is 6.08. The van der Waals surface area contributed by atoms with Gasteiger partial charge in [-0.2, -0.15) is 0 Å². The van der Waals surface area contributed by atoms with Gasteiger partial charge in [0.1, 0.15) is 11.4 Å². The van der Waals surface area contributed by atoms with Crippen LogP contribution in [0, 0.1) is 13.8 Å². The van der Waals surface area contributed by atoms with E-state index in [1.165, 1.54) is 10.9 Å². The SMILES string of the molecule is Cc1ccc(NC(=O)c2sc3ncn(CC(=O)N4CCOCC4)c(=O)c3c2C)cc1Cl. The van der Waals surface area contributed by atoms with E-state index in [1.54, 1.807) is 24.0 Å². The summed E-state index contributed by atoms with van der Waals surface area (Å²) < 4.78 is 6.55. The van der Waals surface area contributed by atoms with Gasteiger partial charge in [0.25, 0.3) is 11.5 Å². The predicted octanol–water partition coefficient (Wildman–Crippen LogP) is 2.84. The average molecular weight is 461 g/mol. The number of fused-ring (bicyclic) bond motifs is 1. The number of carbonyl (C=O) groups excluding carboxylic acids is 2. The normalized spacial score (nSPS) is 14.1. The Hall–Kier alpha value is -2.75. The maximum Gasteiger partial charge on any atom is 0.266 e. The maximum absolute atomic E-state index is 13.0. The molecule has 1 aliphatic heterocycles. The van der Waals surface area contributed by atoms with E-state index in [0.29, 0.717) is 57.7 Å². The van der Waals surface area contributed by atoms with Gasteiger partial charge in [-0.05, 0) is 37.1 Å². The number of aromatic nitrogens is 2. The zero-order chi connectivity index (χ0) is 22.1. The summed E-state index contributed by atoms with van der Waals surface area (Å²) in [4.78, 5) is 45.2. The molecule has 2 amide bonds. The number of ether oxygens (including phenoxy) is 1. The number of nitrogens with zero attached hydrogens (tertiary/aromatic N) is 3. The fourth-order valence-electron chi connectivity index (χ4n) is 3.41. The topological polar surface area (TPSA) is 93.5 Å². The highest BCUT2D eigenvalue weighted by Gasteiger charge is 2.22. The van der Waals surface area contributed by atoms with E-state index in [0.717, 1.165) is 16.9 Å². The zero-order valence-corrected chi connectivity index (χ0v) is 18.7. The van der Waals surface area contributed by atoms with Crippen LogP contribution in [0.15, 0.2) is 29.3 Å². The first-order valence-electron chi connectivity index (χ1n) is 9.76. The van der Waals surface area contributed by atoms with E-state index in [9.17, 15) is 14.4 Å². The minimum Gasteiger partial charge on any atom is -0.378 e. The van der Waals surface area contributed by atoms with Crippen LogP contribution in [0.4, 0.5) is 5.69 Å². The first-order valence-corrected chi connectivity index (χ1v) is 11.0. The van der Waals surface area contributed by atoms with Gasteiger partial charge in [-0.25, -0.2) is 4.98 Å². The molecule has 0 aliphatic carbocycles. The lowest BCUT2D eigenvalue weighted by Gasteiger charge is -2.26. The number of nitrogens with one attached hydrogen (secondary N) is 1. The van der Waals surface area contributed by atoms with E-state index < -0.39 is 0 Å². The molecule has 0 unspecified atom stereocenters. The van der Waals surface area contributed by atoms with Crippen molar-refractivity contribution in [1.82, 2.24) is 14.5 Å². The summed E-state index contributed by atoms with van der Waals surface area (Å²) >= 11 is 7.28. The molecule has 4 rings (SSSR count). The maximum atomic E-state index is 13.0. The van der Waals surface area contributed by atoms with Gasteiger partial charge < -0.3 is 15.0 Å². The van der Waals surface area contributed by atoms with Gasteiger partial charge in [0.05, 0.1) is 29.8 Å². The van der Waals surface area contributed by atoms with Crippen LogP contribution in [0.25, 0.3) is 10.2 Å². The van der Waals surface area contributed by atoms with E-state index in [-0.39, 0.29) is 23.9 Å². The third-order valence-corrected chi connectivity index (χ3v) is 6.83. The summed E-state index contributed by atoms with van der Waals surface area (Å²) in [7, 11) is 0. The van der Waals surface area contributed by atoms with Crippen molar-refractivity contribution in [3.05, 3.63) is 55.9 Å². The van der Waals surface area contributed by atoms with Crippen LogP contribution in [0.2, 0.25) is 5.02 Å². The molecule has 1 saturated heterocycles. The monoisotopic (exact) mass is 460 g/mol. The van der Waals surface area contributed by atoms with Crippen molar-refractivity contribution in [3.8, 4) is 0 Å².